The quantitative estimate of drug-likeness (QED) is 0.905. The molecule has 2 aliphatic heterocycles. The minimum atomic E-state index is -0.260. The van der Waals surface area contributed by atoms with Crippen LogP contribution < -0.4 is 9.80 Å². The lowest BCUT2D eigenvalue weighted by Gasteiger charge is -2.20. The molecule has 1 N–H and O–H groups in total. The fraction of sp³-hybridized carbons (Fsp3) is 0.556. The van der Waals surface area contributed by atoms with E-state index in [4.69, 9.17) is 9.97 Å². The van der Waals surface area contributed by atoms with Crippen LogP contribution in [0.15, 0.2) is 18.5 Å². The molecule has 1 atom stereocenters. The predicted octanol–water partition coefficient (Wildman–Crippen LogP) is 1.56. The summed E-state index contributed by atoms with van der Waals surface area (Å²) < 4.78 is 0. The van der Waals surface area contributed by atoms with Crippen LogP contribution in [0.3, 0.4) is 0 Å². The maximum atomic E-state index is 9.74. The van der Waals surface area contributed by atoms with Crippen molar-refractivity contribution in [1.82, 2.24) is 19.9 Å². The first-order valence-electron chi connectivity index (χ1n) is 8.93. The van der Waals surface area contributed by atoms with E-state index in [0.29, 0.717) is 18.4 Å². The average molecular weight is 340 g/mol. The number of anilines is 2. The highest BCUT2D eigenvalue weighted by Crippen LogP contribution is 2.26. The SMILES string of the molecule is CC(C)Cc1ncc2c(n1)CN(c1nccc(N3CCC(O)C3)n1)C2. The molecule has 7 heteroatoms. The zero-order valence-corrected chi connectivity index (χ0v) is 14.8. The first-order valence-corrected chi connectivity index (χ1v) is 8.93. The summed E-state index contributed by atoms with van der Waals surface area (Å²) in [5.74, 6) is 3.05. The minimum absolute atomic E-state index is 0.260. The molecule has 132 valence electrons. The number of aliphatic hydroxyl groups excluding tert-OH is 1. The Morgan fingerprint density at radius 3 is 2.84 bits per heavy atom. The number of hydrogen-bond acceptors (Lipinski definition) is 7. The molecule has 7 nitrogen and oxygen atoms in total. The van der Waals surface area contributed by atoms with Gasteiger partial charge in [0.25, 0.3) is 0 Å². The van der Waals surface area contributed by atoms with Crippen molar-refractivity contribution in [2.45, 2.75) is 45.9 Å². The van der Waals surface area contributed by atoms with E-state index >= 15 is 0 Å². The third kappa shape index (κ3) is 3.42. The topological polar surface area (TPSA) is 78.3 Å². The lowest BCUT2D eigenvalue weighted by atomic mass is 10.1. The molecular weight excluding hydrogens is 316 g/mol. The average Bonchev–Trinajstić information content (AvgIpc) is 3.20. The van der Waals surface area contributed by atoms with Crippen molar-refractivity contribution in [3.63, 3.8) is 0 Å². The number of aliphatic hydroxyl groups is 1. The van der Waals surface area contributed by atoms with Crippen molar-refractivity contribution < 1.29 is 5.11 Å². The van der Waals surface area contributed by atoms with E-state index in [-0.39, 0.29) is 6.10 Å². The number of hydrogen-bond donors (Lipinski definition) is 1. The van der Waals surface area contributed by atoms with Crippen molar-refractivity contribution >= 4 is 11.8 Å². The lowest BCUT2D eigenvalue weighted by molar-refractivity contribution is 0.198. The van der Waals surface area contributed by atoms with Gasteiger partial charge in [-0.2, -0.15) is 4.98 Å². The molecular formula is C18H24N6O. The molecule has 4 heterocycles. The van der Waals surface area contributed by atoms with Gasteiger partial charge in [-0.25, -0.2) is 15.0 Å². The molecule has 1 saturated heterocycles. The highest BCUT2D eigenvalue weighted by atomic mass is 16.3. The van der Waals surface area contributed by atoms with Gasteiger partial charge in [-0.05, 0) is 18.4 Å². The predicted molar refractivity (Wildman–Crippen MR) is 95.3 cm³/mol. The van der Waals surface area contributed by atoms with Gasteiger partial charge in [0, 0.05) is 44.0 Å². The number of β-amino-alcohol motifs (C(OH)–C–C–N with tert-alkyl or cyclic N) is 1. The highest BCUT2D eigenvalue weighted by molar-refractivity contribution is 5.47. The van der Waals surface area contributed by atoms with Crippen LogP contribution >= 0.6 is 0 Å². The summed E-state index contributed by atoms with van der Waals surface area (Å²) >= 11 is 0. The second-order valence-electron chi connectivity index (χ2n) is 7.32. The molecule has 25 heavy (non-hydrogen) atoms. The zero-order chi connectivity index (χ0) is 17.4. The van der Waals surface area contributed by atoms with Crippen LogP contribution in [-0.4, -0.2) is 44.2 Å². The smallest absolute Gasteiger partial charge is 0.227 e. The van der Waals surface area contributed by atoms with Crippen LogP contribution in [0.4, 0.5) is 11.8 Å². The summed E-state index contributed by atoms with van der Waals surface area (Å²) in [4.78, 5) is 22.6. The van der Waals surface area contributed by atoms with Gasteiger partial charge in [-0.3, -0.25) is 0 Å². The third-order valence-electron chi connectivity index (χ3n) is 4.70. The van der Waals surface area contributed by atoms with Gasteiger partial charge in [0.05, 0.1) is 18.3 Å². The Hall–Kier alpha value is -2.28. The number of nitrogens with zero attached hydrogens (tertiary/aromatic N) is 6. The lowest BCUT2D eigenvalue weighted by Crippen LogP contribution is -2.24. The van der Waals surface area contributed by atoms with Gasteiger partial charge < -0.3 is 14.9 Å². The van der Waals surface area contributed by atoms with Gasteiger partial charge in [0.1, 0.15) is 11.6 Å². The zero-order valence-electron chi connectivity index (χ0n) is 14.8. The summed E-state index contributed by atoms with van der Waals surface area (Å²) in [6.07, 6.45) is 5.17. The molecule has 0 aromatic carbocycles. The number of aromatic nitrogens is 4. The second kappa shape index (κ2) is 6.55. The molecule has 0 bridgehead atoms. The van der Waals surface area contributed by atoms with Gasteiger partial charge in [0.2, 0.25) is 5.95 Å². The molecule has 2 aliphatic rings. The van der Waals surface area contributed by atoms with Crippen LogP contribution in [0, 0.1) is 5.92 Å². The van der Waals surface area contributed by atoms with Crippen molar-refractivity contribution in [3.05, 3.63) is 35.5 Å². The molecule has 2 aromatic heterocycles. The van der Waals surface area contributed by atoms with E-state index in [1.54, 1.807) is 6.20 Å². The Balaban J connectivity index is 1.51. The summed E-state index contributed by atoms with van der Waals surface area (Å²) in [6.45, 7) is 7.29. The van der Waals surface area contributed by atoms with Crippen molar-refractivity contribution in [2.24, 2.45) is 5.92 Å². The monoisotopic (exact) mass is 340 g/mol. The normalized spacial score (nSPS) is 19.8. The Bertz CT molecular complexity index is 765. The first kappa shape index (κ1) is 16.2. The van der Waals surface area contributed by atoms with Crippen LogP contribution in [0.2, 0.25) is 0 Å². The largest absolute Gasteiger partial charge is 0.391 e. The molecule has 0 amide bonds. The van der Waals surface area contributed by atoms with Crippen LogP contribution in [-0.2, 0) is 19.5 Å². The van der Waals surface area contributed by atoms with E-state index in [1.807, 2.05) is 12.3 Å². The second-order valence-corrected chi connectivity index (χ2v) is 7.32. The summed E-state index contributed by atoms with van der Waals surface area (Å²) in [6, 6.07) is 1.91. The Kier molecular flexibility index (Phi) is 4.25. The fourth-order valence-corrected chi connectivity index (χ4v) is 3.42. The maximum absolute atomic E-state index is 9.74. The molecule has 1 unspecified atom stereocenters. The molecule has 0 spiro atoms. The fourth-order valence-electron chi connectivity index (χ4n) is 3.42. The van der Waals surface area contributed by atoms with Crippen LogP contribution in [0.5, 0.6) is 0 Å². The van der Waals surface area contributed by atoms with Crippen LogP contribution in [0.25, 0.3) is 0 Å². The van der Waals surface area contributed by atoms with E-state index in [1.165, 1.54) is 0 Å². The summed E-state index contributed by atoms with van der Waals surface area (Å²) in [5.41, 5.74) is 2.23. The molecule has 2 aromatic rings. The minimum Gasteiger partial charge on any atom is -0.391 e. The van der Waals surface area contributed by atoms with Crippen molar-refractivity contribution in [1.29, 1.82) is 0 Å². The van der Waals surface area contributed by atoms with Gasteiger partial charge in [-0.1, -0.05) is 13.8 Å². The Morgan fingerprint density at radius 2 is 2.08 bits per heavy atom. The summed E-state index contributed by atoms with van der Waals surface area (Å²) in [7, 11) is 0. The summed E-state index contributed by atoms with van der Waals surface area (Å²) in [5, 5.41) is 9.74. The standard InChI is InChI=1S/C18H24N6O/c1-12(2)7-16-20-8-13-9-24(11-15(13)21-16)18-19-5-3-17(22-18)23-6-4-14(25)10-23/h3,5,8,12,14,25H,4,6-7,9-11H2,1-2H3. The maximum Gasteiger partial charge on any atom is 0.227 e. The molecule has 0 saturated carbocycles. The van der Waals surface area contributed by atoms with Crippen LogP contribution in [0.1, 0.15) is 37.4 Å². The molecule has 0 aliphatic carbocycles. The Morgan fingerprint density at radius 1 is 1.20 bits per heavy atom. The van der Waals surface area contributed by atoms with E-state index in [2.05, 4.69) is 33.6 Å². The van der Waals surface area contributed by atoms with E-state index in [0.717, 1.165) is 55.4 Å². The number of rotatable bonds is 4. The highest BCUT2D eigenvalue weighted by Gasteiger charge is 2.26. The third-order valence-corrected chi connectivity index (χ3v) is 4.70. The number of fused-ring (bicyclic) bond motifs is 1. The van der Waals surface area contributed by atoms with Gasteiger partial charge >= 0.3 is 0 Å². The molecule has 4 rings (SSSR count). The van der Waals surface area contributed by atoms with Crippen molar-refractivity contribution in [2.75, 3.05) is 22.9 Å². The van der Waals surface area contributed by atoms with Gasteiger partial charge in [-0.15, -0.1) is 0 Å². The van der Waals surface area contributed by atoms with E-state index < -0.39 is 0 Å². The van der Waals surface area contributed by atoms with Crippen molar-refractivity contribution in [3.8, 4) is 0 Å². The Labute approximate surface area is 147 Å². The molecule has 0 radical (unpaired) electrons. The van der Waals surface area contributed by atoms with E-state index in [9.17, 15) is 5.11 Å². The van der Waals surface area contributed by atoms with Gasteiger partial charge in [0.15, 0.2) is 0 Å². The first-order chi connectivity index (χ1) is 12.1. The molecule has 1 fully saturated rings.